The molecule has 2 heterocycles. The predicted octanol–water partition coefficient (Wildman–Crippen LogP) is 0.968. The van der Waals surface area contributed by atoms with Crippen molar-refractivity contribution >= 4 is 11.6 Å². The van der Waals surface area contributed by atoms with Crippen LogP contribution in [0.2, 0.25) is 0 Å². The average Bonchev–Trinajstić information content (AvgIpc) is 2.97. The van der Waals surface area contributed by atoms with Crippen LogP contribution in [0.4, 0.5) is 5.69 Å². The number of nitrogens with one attached hydrogen (secondary N) is 1. The number of carbonyl (C=O) groups excluding carboxylic acids is 1. The van der Waals surface area contributed by atoms with Crippen molar-refractivity contribution in [1.82, 2.24) is 20.0 Å². The third-order valence-electron chi connectivity index (χ3n) is 3.95. The third kappa shape index (κ3) is 3.12. The Morgan fingerprint density at radius 3 is 2.95 bits per heavy atom. The molecule has 0 spiro atoms. The van der Waals surface area contributed by atoms with Gasteiger partial charge < -0.3 is 15.5 Å². The highest BCUT2D eigenvalue weighted by Crippen LogP contribution is 2.19. The first kappa shape index (κ1) is 14.8. The van der Waals surface area contributed by atoms with Gasteiger partial charge in [-0.2, -0.15) is 5.10 Å². The molecule has 1 aromatic heterocycles. The Kier molecular flexibility index (Phi) is 4.65. The van der Waals surface area contributed by atoms with Crippen LogP contribution in [-0.2, 0) is 6.42 Å². The van der Waals surface area contributed by atoms with Crippen molar-refractivity contribution in [2.45, 2.75) is 26.2 Å². The summed E-state index contributed by atoms with van der Waals surface area (Å²) in [5.41, 5.74) is 7.74. The number of H-pyrrole nitrogens is 1. The summed E-state index contributed by atoms with van der Waals surface area (Å²) in [6, 6.07) is 0. The SMILES string of the molecule is CCCc1[nH]nc(C(=O)N(C)CC2CCN(C)C2)c1N. The highest BCUT2D eigenvalue weighted by atomic mass is 16.2. The van der Waals surface area contributed by atoms with E-state index in [1.165, 1.54) is 0 Å². The normalized spacial score (nSPS) is 19.4. The standard InChI is InChI=1S/C14H25N5O/c1-4-5-11-12(15)13(17-16-11)14(20)19(3)9-10-6-7-18(2)8-10/h10H,4-9,15H2,1-3H3,(H,16,17). The second kappa shape index (κ2) is 6.26. The first-order chi connectivity index (χ1) is 9.52. The first-order valence-electron chi connectivity index (χ1n) is 7.29. The summed E-state index contributed by atoms with van der Waals surface area (Å²) in [4.78, 5) is 16.4. The van der Waals surface area contributed by atoms with Crippen LogP contribution in [0.5, 0.6) is 0 Å². The summed E-state index contributed by atoms with van der Waals surface area (Å²) in [5.74, 6) is 0.458. The maximum atomic E-state index is 12.4. The van der Waals surface area contributed by atoms with Crippen LogP contribution in [0.1, 0.15) is 35.9 Å². The molecular formula is C14H25N5O. The molecule has 0 radical (unpaired) electrons. The number of aryl methyl sites for hydroxylation is 1. The predicted molar refractivity (Wildman–Crippen MR) is 79.6 cm³/mol. The van der Waals surface area contributed by atoms with Gasteiger partial charge in [-0.15, -0.1) is 0 Å². The van der Waals surface area contributed by atoms with Gasteiger partial charge in [-0.1, -0.05) is 13.3 Å². The molecule has 1 aliphatic heterocycles. The number of nitrogens with zero attached hydrogens (tertiary/aromatic N) is 3. The molecule has 112 valence electrons. The number of carbonyl (C=O) groups is 1. The van der Waals surface area contributed by atoms with Crippen molar-refractivity contribution in [3.05, 3.63) is 11.4 Å². The number of hydrogen-bond donors (Lipinski definition) is 2. The molecule has 6 nitrogen and oxygen atoms in total. The fourth-order valence-corrected chi connectivity index (χ4v) is 2.82. The number of likely N-dealkylation sites (tertiary alicyclic amines) is 1. The minimum atomic E-state index is -0.0874. The molecule has 1 saturated heterocycles. The van der Waals surface area contributed by atoms with Gasteiger partial charge in [0.15, 0.2) is 5.69 Å². The topological polar surface area (TPSA) is 78.2 Å². The number of anilines is 1. The molecule has 1 atom stereocenters. The molecule has 3 N–H and O–H groups in total. The summed E-state index contributed by atoms with van der Waals surface area (Å²) in [6.07, 6.45) is 2.94. The van der Waals surface area contributed by atoms with E-state index in [0.717, 1.165) is 44.6 Å². The highest BCUT2D eigenvalue weighted by molar-refractivity contribution is 5.97. The molecule has 20 heavy (non-hydrogen) atoms. The van der Waals surface area contributed by atoms with Crippen LogP contribution < -0.4 is 5.73 Å². The average molecular weight is 279 g/mol. The van der Waals surface area contributed by atoms with Crippen molar-refractivity contribution in [3.63, 3.8) is 0 Å². The quantitative estimate of drug-likeness (QED) is 0.842. The van der Waals surface area contributed by atoms with Gasteiger partial charge >= 0.3 is 0 Å². The number of nitrogens with two attached hydrogens (primary N) is 1. The minimum Gasteiger partial charge on any atom is -0.395 e. The third-order valence-corrected chi connectivity index (χ3v) is 3.95. The number of aromatic nitrogens is 2. The van der Waals surface area contributed by atoms with Crippen LogP contribution in [-0.4, -0.2) is 59.6 Å². The molecule has 1 fully saturated rings. The van der Waals surface area contributed by atoms with Crippen LogP contribution >= 0.6 is 0 Å². The molecule has 1 unspecified atom stereocenters. The van der Waals surface area contributed by atoms with Gasteiger partial charge in [-0.05, 0) is 32.4 Å². The van der Waals surface area contributed by atoms with E-state index in [1.807, 2.05) is 7.05 Å². The Hall–Kier alpha value is -1.56. The summed E-state index contributed by atoms with van der Waals surface area (Å²) in [7, 11) is 3.94. The van der Waals surface area contributed by atoms with E-state index in [-0.39, 0.29) is 5.91 Å². The van der Waals surface area contributed by atoms with Gasteiger partial charge in [-0.25, -0.2) is 0 Å². The monoisotopic (exact) mass is 279 g/mol. The Morgan fingerprint density at radius 1 is 1.60 bits per heavy atom. The zero-order chi connectivity index (χ0) is 14.7. The van der Waals surface area contributed by atoms with Gasteiger partial charge in [-0.3, -0.25) is 9.89 Å². The summed E-state index contributed by atoms with van der Waals surface area (Å²) >= 11 is 0. The lowest BCUT2D eigenvalue weighted by Gasteiger charge is -2.20. The molecule has 0 saturated carbocycles. The second-order valence-electron chi connectivity index (χ2n) is 5.82. The van der Waals surface area contributed by atoms with Crippen molar-refractivity contribution in [1.29, 1.82) is 0 Å². The second-order valence-corrected chi connectivity index (χ2v) is 5.82. The van der Waals surface area contributed by atoms with Gasteiger partial charge in [0.05, 0.1) is 11.4 Å². The van der Waals surface area contributed by atoms with Crippen molar-refractivity contribution in [2.75, 3.05) is 39.5 Å². The highest BCUT2D eigenvalue weighted by Gasteiger charge is 2.25. The zero-order valence-electron chi connectivity index (χ0n) is 12.6. The minimum absolute atomic E-state index is 0.0874. The van der Waals surface area contributed by atoms with E-state index in [0.29, 0.717) is 17.3 Å². The first-order valence-corrected chi connectivity index (χ1v) is 7.29. The van der Waals surface area contributed by atoms with Gasteiger partial charge in [0.1, 0.15) is 0 Å². The van der Waals surface area contributed by atoms with E-state index >= 15 is 0 Å². The van der Waals surface area contributed by atoms with Crippen LogP contribution in [0.3, 0.4) is 0 Å². The number of amides is 1. The molecule has 1 aliphatic rings. The van der Waals surface area contributed by atoms with Crippen LogP contribution in [0.15, 0.2) is 0 Å². The lowest BCUT2D eigenvalue weighted by Crippen LogP contribution is -2.33. The maximum Gasteiger partial charge on any atom is 0.276 e. The molecule has 6 heteroatoms. The Balaban J connectivity index is 1.99. The fraction of sp³-hybridized carbons (Fsp3) is 0.714. The molecule has 0 aromatic carbocycles. The lowest BCUT2D eigenvalue weighted by molar-refractivity contribution is 0.0769. The van der Waals surface area contributed by atoms with E-state index < -0.39 is 0 Å². The summed E-state index contributed by atoms with van der Waals surface area (Å²) in [5, 5.41) is 6.97. The maximum absolute atomic E-state index is 12.4. The van der Waals surface area contributed by atoms with Gasteiger partial charge in [0.25, 0.3) is 5.91 Å². The largest absolute Gasteiger partial charge is 0.395 e. The molecule has 0 aliphatic carbocycles. The van der Waals surface area contributed by atoms with E-state index in [9.17, 15) is 4.79 Å². The molecule has 1 aromatic rings. The Labute approximate surface area is 120 Å². The van der Waals surface area contributed by atoms with E-state index in [1.54, 1.807) is 4.90 Å². The van der Waals surface area contributed by atoms with Gasteiger partial charge in [0, 0.05) is 20.1 Å². The number of hydrogen-bond acceptors (Lipinski definition) is 4. The number of aromatic amines is 1. The summed E-state index contributed by atoms with van der Waals surface area (Å²) < 4.78 is 0. The van der Waals surface area contributed by atoms with E-state index in [4.69, 9.17) is 5.73 Å². The van der Waals surface area contributed by atoms with Crippen LogP contribution in [0.25, 0.3) is 0 Å². The van der Waals surface area contributed by atoms with Crippen LogP contribution in [0, 0.1) is 5.92 Å². The number of rotatable bonds is 5. The molecule has 2 rings (SSSR count). The van der Waals surface area contributed by atoms with Crippen molar-refractivity contribution < 1.29 is 4.79 Å². The Bertz CT molecular complexity index is 470. The van der Waals surface area contributed by atoms with Crippen molar-refractivity contribution in [3.8, 4) is 0 Å². The smallest absolute Gasteiger partial charge is 0.276 e. The lowest BCUT2D eigenvalue weighted by atomic mass is 10.1. The zero-order valence-corrected chi connectivity index (χ0v) is 12.6. The van der Waals surface area contributed by atoms with Gasteiger partial charge in [0.2, 0.25) is 0 Å². The molecule has 0 bridgehead atoms. The van der Waals surface area contributed by atoms with Crippen molar-refractivity contribution in [2.24, 2.45) is 5.92 Å². The fourth-order valence-electron chi connectivity index (χ4n) is 2.82. The molecule has 1 amide bonds. The molecular weight excluding hydrogens is 254 g/mol. The van der Waals surface area contributed by atoms with E-state index in [2.05, 4.69) is 29.1 Å². The Morgan fingerprint density at radius 2 is 2.35 bits per heavy atom. The number of nitrogen functional groups attached to an aromatic ring is 1. The summed E-state index contributed by atoms with van der Waals surface area (Å²) in [6.45, 7) is 5.00.